The van der Waals surface area contributed by atoms with Crippen molar-refractivity contribution in [1.29, 1.82) is 0 Å². The molecule has 1 aliphatic heterocycles. The van der Waals surface area contributed by atoms with Crippen LogP contribution >= 0.6 is 0 Å². The van der Waals surface area contributed by atoms with E-state index in [4.69, 9.17) is 14.2 Å². The van der Waals surface area contributed by atoms with Crippen LogP contribution in [0, 0.1) is 17.5 Å². The molecule has 1 heterocycles. The smallest absolute Gasteiger partial charge is 0.254 e. The Morgan fingerprint density at radius 3 is 1.94 bits per heavy atom. The Hall–Kier alpha value is -2.99. The lowest BCUT2D eigenvalue weighted by Gasteiger charge is -2.34. The van der Waals surface area contributed by atoms with Crippen molar-refractivity contribution in [3.63, 3.8) is 0 Å². The second kappa shape index (κ2) is 9.25. The van der Waals surface area contributed by atoms with Crippen LogP contribution < -0.4 is 14.2 Å². The lowest BCUT2D eigenvalue weighted by Crippen LogP contribution is -2.50. The van der Waals surface area contributed by atoms with Crippen LogP contribution in [0.2, 0.25) is 0 Å². The van der Waals surface area contributed by atoms with Crippen LogP contribution in [-0.2, 0) is 10.0 Å². The molecule has 0 N–H and O–H groups in total. The molecule has 0 saturated carbocycles. The third kappa shape index (κ3) is 4.19. The molecule has 0 aromatic heterocycles. The van der Waals surface area contributed by atoms with Crippen molar-refractivity contribution in [2.24, 2.45) is 0 Å². The average molecular weight is 474 g/mol. The van der Waals surface area contributed by atoms with Crippen molar-refractivity contribution in [1.82, 2.24) is 9.21 Å². The van der Waals surface area contributed by atoms with E-state index in [2.05, 4.69) is 0 Å². The molecular formula is C20H21F3N2O6S. The van der Waals surface area contributed by atoms with Gasteiger partial charge in [0.05, 0.1) is 21.3 Å². The Labute approximate surface area is 183 Å². The van der Waals surface area contributed by atoms with Crippen molar-refractivity contribution in [2.75, 3.05) is 47.5 Å². The van der Waals surface area contributed by atoms with Gasteiger partial charge in [-0.05, 0) is 24.3 Å². The zero-order chi connectivity index (χ0) is 23.6. The van der Waals surface area contributed by atoms with Crippen LogP contribution in [0.5, 0.6) is 17.2 Å². The van der Waals surface area contributed by atoms with Gasteiger partial charge in [-0.1, -0.05) is 0 Å². The lowest BCUT2D eigenvalue weighted by atomic mass is 10.1. The van der Waals surface area contributed by atoms with Gasteiger partial charge in [-0.3, -0.25) is 4.79 Å². The highest BCUT2D eigenvalue weighted by Crippen LogP contribution is 2.38. The molecule has 0 aliphatic carbocycles. The normalized spacial score (nSPS) is 14.9. The number of halogens is 3. The van der Waals surface area contributed by atoms with Crippen LogP contribution in [0.1, 0.15) is 10.4 Å². The first-order valence-electron chi connectivity index (χ1n) is 9.38. The van der Waals surface area contributed by atoms with Gasteiger partial charge in [0.15, 0.2) is 29.0 Å². The summed E-state index contributed by atoms with van der Waals surface area (Å²) in [5.74, 6) is -4.64. The topological polar surface area (TPSA) is 85.4 Å². The molecule has 0 radical (unpaired) electrons. The summed E-state index contributed by atoms with van der Waals surface area (Å²) in [6.07, 6.45) is 0. The number of benzene rings is 2. The van der Waals surface area contributed by atoms with E-state index in [0.29, 0.717) is 17.9 Å². The fraction of sp³-hybridized carbons (Fsp3) is 0.350. The maximum Gasteiger partial charge on any atom is 0.254 e. The maximum atomic E-state index is 14.0. The fourth-order valence-electron chi connectivity index (χ4n) is 3.37. The standard InChI is InChI=1S/C20H21F3N2O6S/c1-29-14-10-12(11-15(30-2)19(14)31-3)20(26)24-6-8-25(9-7-24)32(27,28)16-5-4-13(21)17(22)18(16)23/h4-5,10-11H,6-9H2,1-3H3. The molecule has 0 unspecified atom stereocenters. The second-order valence-corrected chi connectivity index (χ2v) is 8.69. The lowest BCUT2D eigenvalue weighted by molar-refractivity contribution is 0.0697. The summed E-state index contributed by atoms with van der Waals surface area (Å²) >= 11 is 0. The molecule has 0 atom stereocenters. The Bertz CT molecular complexity index is 1110. The van der Waals surface area contributed by atoms with E-state index >= 15 is 0 Å². The number of methoxy groups -OCH3 is 3. The summed E-state index contributed by atoms with van der Waals surface area (Å²) < 4.78 is 82.7. The minimum absolute atomic E-state index is 0.0000192. The van der Waals surface area contributed by atoms with Gasteiger partial charge in [-0.15, -0.1) is 0 Å². The summed E-state index contributed by atoms with van der Waals surface area (Å²) in [6, 6.07) is 4.18. The van der Waals surface area contributed by atoms with E-state index in [9.17, 15) is 26.4 Å². The molecule has 3 rings (SSSR count). The van der Waals surface area contributed by atoms with Gasteiger partial charge >= 0.3 is 0 Å². The van der Waals surface area contributed by atoms with Gasteiger partial charge in [0.2, 0.25) is 15.8 Å². The molecule has 0 bridgehead atoms. The molecule has 174 valence electrons. The number of nitrogens with zero attached hydrogens (tertiary/aromatic N) is 2. The third-order valence-electron chi connectivity index (χ3n) is 5.06. The van der Waals surface area contributed by atoms with Gasteiger partial charge in [-0.25, -0.2) is 21.6 Å². The van der Waals surface area contributed by atoms with E-state index in [1.807, 2.05) is 0 Å². The Kier molecular flexibility index (Phi) is 6.84. The number of sulfonamides is 1. The van der Waals surface area contributed by atoms with Crippen LogP contribution in [0.25, 0.3) is 0 Å². The molecule has 1 aliphatic rings. The fourth-order valence-corrected chi connectivity index (χ4v) is 4.84. The monoisotopic (exact) mass is 474 g/mol. The minimum Gasteiger partial charge on any atom is -0.493 e. The van der Waals surface area contributed by atoms with Crippen molar-refractivity contribution in [2.45, 2.75) is 4.90 Å². The summed E-state index contributed by atoms with van der Waals surface area (Å²) in [5.41, 5.74) is 0.238. The first-order valence-corrected chi connectivity index (χ1v) is 10.8. The summed E-state index contributed by atoms with van der Waals surface area (Å²) in [4.78, 5) is 13.4. The van der Waals surface area contributed by atoms with Gasteiger partial charge in [0, 0.05) is 31.7 Å². The van der Waals surface area contributed by atoms with E-state index in [-0.39, 0.29) is 43.2 Å². The molecule has 8 nitrogen and oxygen atoms in total. The SMILES string of the molecule is COc1cc(C(=O)N2CCN(S(=O)(=O)c3ccc(F)c(F)c3F)CC2)cc(OC)c1OC. The predicted octanol–water partition coefficient (Wildman–Crippen LogP) is 2.28. The molecular weight excluding hydrogens is 453 g/mol. The summed E-state index contributed by atoms with van der Waals surface area (Å²) in [7, 11) is -0.172. The Balaban J connectivity index is 1.79. The number of hydrogen-bond donors (Lipinski definition) is 0. The van der Waals surface area contributed by atoms with Gasteiger partial charge in [-0.2, -0.15) is 4.31 Å². The number of rotatable bonds is 6. The largest absolute Gasteiger partial charge is 0.493 e. The molecule has 32 heavy (non-hydrogen) atoms. The zero-order valence-electron chi connectivity index (χ0n) is 17.5. The van der Waals surface area contributed by atoms with Gasteiger partial charge < -0.3 is 19.1 Å². The highest BCUT2D eigenvalue weighted by Gasteiger charge is 2.34. The summed E-state index contributed by atoms with van der Waals surface area (Å²) in [6.45, 7) is -0.312. The molecule has 1 saturated heterocycles. The Morgan fingerprint density at radius 2 is 1.44 bits per heavy atom. The van der Waals surface area contributed by atoms with E-state index < -0.39 is 38.3 Å². The first kappa shape index (κ1) is 23.7. The van der Waals surface area contributed by atoms with Crippen molar-refractivity contribution < 1.29 is 40.6 Å². The maximum absolute atomic E-state index is 14.0. The first-order chi connectivity index (χ1) is 15.1. The number of amides is 1. The quantitative estimate of drug-likeness (QED) is 0.598. The number of hydrogen-bond acceptors (Lipinski definition) is 6. The van der Waals surface area contributed by atoms with Crippen molar-refractivity contribution in [3.8, 4) is 17.2 Å². The van der Waals surface area contributed by atoms with E-state index in [1.54, 1.807) is 0 Å². The molecule has 1 amide bonds. The number of ether oxygens (including phenoxy) is 3. The number of piperazine rings is 1. The Morgan fingerprint density at radius 1 is 0.875 bits per heavy atom. The molecule has 2 aromatic rings. The van der Waals surface area contributed by atoms with Crippen LogP contribution in [-0.4, -0.2) is 71.0 Å². The number of carbonyl (C=O) groups is 1. The minimum atomic E-state index is -4.42. The van der Waals surface area contributed by atoms with Crippen molar-refractivity contribution >= 4 is 15.9 Å². The molecule has 0 spiro atoms. The van der Waals surface area contributed by atoms with E-state index in [0.717, 1.165) is 4.31 Å². The predicted molar refractivity (Wildman–Crippen MR) is 107 cm³/mol. The number of carbonyl (C=O) groups excluding carboxylic acids is 1. The third-order valence-corrected chi connectivity index (χ3v) is 6.97. The molecule has 12 heteroatoms. The highest BCUT2D eigenvalue weighted by atomic mass is 32.2. The zero-order valence-corrected chi connectivity index (χ0v) is 18.3. The van der Waals surface area contributed by atoms with E-state index in [1.165, 1.54) is 38.4 Å². The van der Waals surface area contributed by atoms with Crippen molar-refractivity contribution in [3.05, 3.63) is 47.3 Å². The van der Waals surface area contributed by atoms with Crippen LogP contribution in [0.4, 0.5) is 13.2 Å². The molecule has 2 aromatic carbocycles. The van der Waals surface area contributed by atoms with Crippen LogP contribution in [0.3, 0.4) is 0 Å². The van der Waals surface area contributed by atoms with Gasteiger partial charge in [0.25, 0.3) is 5.91 Å². The highest BCUT2D eigenvalue weighted by molar-refractivity contribution is 7.89. The second-order valence-electron chi connectivity index (χ2n) is 6.78. The molecule has 1 fully saturated rings. The average Bonchev–Trinajstić information content (AvgIpc) is 2.80. The summed E-state index contributed by atoms with van der Waals surface area (Å²) in [5, 5.41) is 0. The van der Waals surface area contributed by atoms with Crippen LogP contribution in [0.15, 0.2) is 29.2 Å². The van der Waals surface area contributed by atoms with Gasteiger partial charge in [0.1, 0.15) is 4.90 Å².